The molecule has 84 valence electrons. The summed E-state index contributed by atoms with van der Waals surface area (Å²) in [7, 11) is 1.94. The normalized spacial score (nSPS) is 15.6. The molecular formula is C11H20N4. The lowest BCUT2D eigenvalue weighted by Crippen LogP contribution is -2.08. The molecule has 1 aliphatic carbocycles. The molecule has 1 fully saturated rings. The number of nitrogens with one attached hydrogen (secondary N) is 1. The minimum absolute atomic E-state index is 0.816. The first-order valence-electron chi connectivity index (χ1n) is 5.77. The van der Waals surface area contributed by atoms with Gasteiger partial charge in [-0.3, -0.25) is 4.68 Å². The van der Waals surface area contributed by atoms with Crippen molar-refractivity contribution in [1.29, 1.82) is 0 Å². The van der Waals surface area contributed by atoms with Crippen molar-refractivity contribution in [2.24, 2.45) is 13.0 Å². The second-order valence-corrected chi connectivity index (χ2v) is 4.34. The van der Waals surface area contributed by atoms with Crippen LogP contribution in [-0.2, 0) is 13.5 Å². The monoisotopic (exact) mass is 208 g/mol. The molecule has 1 saturated carbocycles. The first-order chi connectivity index (χ1) is 7.22. The standard InChI is InChI=1S/C11H20N4/c1-3-9-10(12)11(15(2)14-9)13-7-6-8-4-5-8/h8,13H,3-7,12H2,1-2H3. The molecule has 0 amide bonds. The third-order valence-corrected chi connectivity index (χ3v) is 3.04. The van der Waals surface area contributed by atoms with Gasteiger partial charge in [0.15, 0.2) is 0 Å². The van der Waals surface area contributed by atoms with Crippen LogP contribution in [0.4, 0.5) is 11.5 Å². The van der Waals surface area contributed by atoms with E-state index in [9.17, 15) is 0 Å². The third kappa shape index (κ3) is 2.25. The number of aryl methyl sites for hydroxylation is 2. The van der Waals surface area contributed by atoms with Gasteiger partial charge in [-0.1, -0.05) is 19.8 Å². The minimum Gasteiger partial charge on any atom is -0.394 e. The lowest BCUT2D eigenvalue weighted by atomic mass is 10.2. The second kappa shape index (κ2) is 4.13. The van der Waals surface area contributed by atoms with Gasteiger partial charge in [0.05, 0.1) is 11.4 Å². The van der Waals surface area contributed by atoms with E-state index in [2.05, 4.69) is 17.3 Å². The van der Waals surface area contributed by atoms with Crippen LogP contribution in [0.5, 0.6) is 0 Å². The van der Waals surface area contributed by atoms with Crippen molar-refractivity contribution in [3.8, 4) is 0 Å². The topological polar surface area (TPSA) is 55.9 Å². The fourth-order valence-corrected chi connectivity index (χ4v) is 1.87. The van der Waals surface area contributed by atoms with Crippen molar-refractivity contribution in [2.75, 3.05) is 17.6 Å². The molecular weight excluding hydrogens is 188 g/mol. The Morgan fingerprint density at radius 1 is 1.53 bits per heavy atom. The molecule has 2 rings (SSSR count). The van der Waals surface area contributed by atoms with Crippen LogP contribution < -0.4 is 11.1 Å². The van der Waals surface area contributed by atoms with Crippen LogP contribution in [0.2, 0.25) is 0 Å². The Kier molecular flexibility index (Phi) is 2.84. The van der Waals surface area contributed by atoms with Crippen LogP contribution in [0.25, 0.3) is 0 Å². The minimum atomic E-state index is 0.816. The van der Waals surface area contributed by atoms with E-state index in [0.717, 1.165) is 36.1 Å². The van der Waals surface area contributed by atoms with Gasteiger partial charge in [-0.2, -0.15) is 5.10 Å². The zero-order valence-corrected chi connectivity index (χ0v) is 9.58. The number of aromatic nitrogens is 2. The molecule has 0 atom stereocenters. The number of rotatable bonds is 5. The quantitative estimate of drug-likeness (QED) is 0.775. The molecule has 1 aromatic rings. The number of hydrogen-bond acceptors (Lipinski definition) is 3. The summed E-state index contributed by atoms with van der Waals surface area (Å²) in [5.41, 5.74) is 7.81. The Labute approximate surface area is 90.8 Å². The van der Waals surface area contributed by atoms with Gasteiger partial charge in [0.2, 0.25) is 0 Å². The van der Waals surface area contributed by atoms with Crippen LogP contribution in [-0.4, -0.2) is 16.3 Å². The lowest BCUT2D eigenvalue weighted by Gasteiger charge is -2.06. The summed E-state index contributed by atoms with van der Waals surface area (Å²) >= 11 is 0. The van der Waals surface area contributed by atoms with Gasteiger partial charge in [-0.15, -0.1) is 0 Å². The van der Waals surface area contributed by atoms with Gasteiger partial charge in [0, 0.05) is 13.6 Å². The number of anilines is 2. The molecule has 1 aromatic heterocycles. The van der Waals surface area contributed by atoms with E-state index in [0.29, 0.717) is 0 Å². The molecule has 1 heterocycles. The van der Waals surface area contributed by atoms with Crippen molar-refractivity contribution in [1.82, 2.24) is 9.78 Å². The molecule has 0 unspecified atom stereocenters. The SMILES string of the molecule is CCc1nn(C)c(NCCC2CC2)c1N. The number of hydrogen-bond donors (Lipinski definition) is 2. The fraction of sp³-hybridized carbons (Fsp3) is 0.727. The van der Waals surface area contributed by atoms with E-state index in [1.807, 2.05) is 11.7 Å². The van der Waals surface area contributed by atoms with Crippen LogP contribution >= 0.6 is 0 Å². The highest BCUT2D eigenvalue weighted by Gasteiger charge is 2.20. The fourth-order valence-electron chi connectivity index (χ4n) is 1.87. The van der Waals surface area contributed by atoms with Crippen molar-refractivity contribution >= 4 is 11.5 Å². The predicted molar refractivity (Wildman–Crippen MR) is 62.8 cm³/mol. The summed E-state index contributed by atoms with van der Waals surface area (Å²) in [5.74, 6) is 1.94. The molecule has 0 spiro atoms. The van der Waals surface area contributed by atoms with Gasteiger partial charge in [0.1, 0.15) is 5.82 Å². The van der Waals surface area contributed by atoms with Crippen LogP contribution in [0.1, 0.15) is 31.9 Å². The first-order valence-corrected chi connectivity index (χ1v) is 5.77. The highest BCUT2D eigenvalue weighted by atomic mass is 15.3. The summed E-state index contributed by atoms with van der Waals surface area (Å²) < 4.78 is 1.85. The highest BCUT2D eigenvalue weighted by molar-refractivity contribution is 5.64. The smallest absolute Gasteiger partial charge is 0.147 e. The second-order valence-electron chi connectivity index (χ2n) is 4.34. The van der Waals surface area contributed by atoms with E-state index in [4.69, 9.17) is 5.73 Å². The number of nitrogens with zero attached hydrogens (tertiary/aromatic N) is 2. The lowest BCUT2D eigenvalue weighted by molar-refractivity contribution is 0.725. The molecule has 3 N–H and O–H groups in total. The van der Waals surface area contributed by atoms with E-state index in [1.165, 1.54) is 19.3 Å². The van der Waals surface area contributed by atoms with Crippen LogP contribution in [0, 0.1) is 5.92 Å². The molecule has 0 aliphatic heterocycles. The zero-order chi connectivity index (χ0) is 10.8. The molecule has 0 radical (unpaired) electrons. The third-order valence-electron chi connectivity index (χ3n) is 3.04. The Hall–Kier alpha value is -1.19. The highest BCUT2D eigenvalue weighted by Crippen LogP contribution is 2.32. The van der Waals surface area contributed by atoms with Gasteiger partial charge < -0.3 is 11.1 Å². The molecule has 4 nitrogen and oxygen atoms in total. The van der Waals surface area contributed by atoms with Crippen molar-refractivity contribution in [3.05, 3.63) is 5.69 Å². The molecule has 1 aliphatic rings. The maximum absolute atomic E-state index is 6.00. The van der Waals surface area contributed by atoms with Gasteiger partial charge in [0.25, 0.3) is 0 Å². The van der Waals surface area contributed by atoms with E-state index in [-0.39, 0.29) is 0 Å². The van der Waals surface area contributed by atoms with E-state index in [1.54, 1.807) is 0 Å². The Morgan fingerprint density at radius 2 is 2.27 bits per heavy atom. The summed E-state index contributed by atoms with van der Waals surface area (Å²) in [6.45, 7) is 3.09. The van der Waals surface area contributed by atoms with E-state index < -0.39 is 0 Å². The summed E-state index contributed by atoms with van der Waals surface area (Å²) in [4.78, 5) is 0. The molecule has 0 saturated heterocycles. The molecule has 15 heavy (non-hydrogen) atoms. The van der Waals surface area contributed by atoms with Gasteiger partial charge >= 0.3 is 0 Å². The van der Waals surface area contributed by atoms with Crippen molar-refractivity contribution in [3.63, 3.8) is 0 Å². The van der Waals surface area contributed by atoms with Gasteiger partial charge in [-0.25, -0.2) is 0 Å². The first kappa shape index (κ1) is 10.3. The summed E-state index contributed by atoms with van der Waals surface area (Å²) in [5, 5.41) is 7.75. The molecule has 0 bridgehead atoms. The maximum atomic E-state index is 6.00. The average Bonchev–Trinajstić information content (AvgIpc) is 2.99. The predicted octanol–water partition coefficient (Wildman–Crippen LogP) is 1.78. The van der Waals surface area contributed by atoms with Crippen molar-refractivity contribution in [2.45, 2.75) is 32.6 Å². The van der Waals surface area contributed by atoms with Crippen molar-refractivity contribution < 1.29 is 0 Å². The number of nitrogen functional groups attached to an aromatic ring is 1. The Bertz CT molecular complexity index is 339. The maximum Gasteiger partial charge on any atom is 0.147 e. The summed E-state index contributed by atoms with van der Waals surface area (Å²) in [6.07, 6.45) is 4.96. The Morgan fingerprint density at radius 3 is 2.80 bits per heavy atom. The zero-order valence-electron chi connectivity index (χ0n) is 9.58. The Balaban J connectivity index is 1.95. The van der Waals surface area contributed by atoms with Crippen LogP contribution in [0.15, 0.2) is 0 Å². The molecule has 4 heteroatoms. The number of nitrogens with two attached hydrogens (primary N) is 1. The van der Waals surface area contributed by atoms with E-state index >= 15 is 0 Å². The van der Waals surface area contributed by atoms with Gasteiger partial charge in [-0.05, 0) is 18.8 Å². The average molecular weight is 208 g/mol. The molecule has 0 aromatic carbocycles. The van der Waals surface area contributed by atoms with Crippen LogP contribution in [0.3, 0.4) is 0 Å². The largest absolute Gasteiger partial charge is 0.394 e. The summed E-state index contributed by atoms with van der Waals surface area (Å²) in [6, 6.07) is 0.